The van der Waals surface area contributed by atoms with Gasteiger partial charge in [0.2, 0.25) is 0 Å². The highest BCUT2D eigenvalue weighted by atomic mass is 16.5. The fourth-order valence-corrected chi connectivity index (χ4v) is 5.22. The fourth-order valence-electron chi connectivity index (χ4n) is 5.22. The Kier molecular flexibility index (Phi) is 4.13. The highest BCUT2D eigenvalue weighted by Crippen LogP contribution is 2.61. The zero-order valence-electron chi connectivity index (χ0n) is 16.4. The first-order chi connectivity index (χ1) is 12.0. The van der Waals surface area contributed by atoms with E-state index in [0.29, 0.717) is 24.0 Å². The molecule has 0 spiro atoms. The maximum Gasteiger partial charge on any atom is 0.167 e. The minimum absolute atomic E-state index is 0.0744. The zero-order chi connectivity index (χ0) is 19.6. The Bertz CT molecular complexity index is 805. The van der Waals surface area contributed by atoms with Crippen LogP contribution in [-0.2, 0) is 10.2 Å². The largest absolute Gasteiger partial charge is 0.507 e. The SMILES string of the molecule is COc1c(O)c2c(c(O)c1C(C)C)C(=O)C[C@H]1C(C)(C)C(=O)CC[C@]21C. The van der Waals surface area contributed by atoms with Crippen molar-refractivity contribution in [2.75, 3.05) is 7.11 Å². The van der Waals surface area contributed by atoms with Crippen LogP contribution in [-0.4, -0.2) is 28.9 Å². The molecule has 0 unspecified atom stereocenters. The molecule has 2 aliphatic carbocycles. The highest BCUT2D eigenvalue weighted by Gasteiger charge is 2.57. The fraction of sp³-hybridized carbons (Fsp3) is 0.619. The number of aromatic hydroxyl groups is 2. The van der Waals surface area contributed by atoms with E-state index in [1.165, 1.54) is 7.11 Å². The molecule has 0 radical (unpaired) electrons. The number of hydrogen-bond acceptors (Lipinski definition) is 5. The van der Waals surface area contributed by atoms with Crippen LogP contribution in [0.2, 0.25) is 0 Å². The van der Waals surface area contributed by atoms with Crippen LogP contribution in [0.5, 0.6) is 17.2 Å². The van der Waals surface area contributed by atoms with Gasteiger partial charge < -0.3 is 14.9 Å². The molecule has 2 atom stereocenters. The summed E-state index contributed by atoms with van der Waals surface area (Å²) in [5.41, 5.74) is -0.142. The third kappa shape index (κ3) is 2.22. The van der Waals surface area contributed by atoms with Gasteiger partial charge in [-0.15, -0.1) is 0 Å². The number of Topliss-reactive ketones (excluding diaryl/α,β-unsaturated/α-hetero) is 2. The number of carbonyl (C=O) groups is 2. The second-order valence-corrected chi connectivity index (χ2v) is 8.79. The molecule has 142 valence electrons. The molecule has 2 aliphatic rings. The van der Waals surface area contributed by atoms with E-state index in [-0.39, 0.29) is 52.6 Å². The van der Waals surface area contributed by atoms with Gasteiger partial charge in [0, 0.05) is 34.8 Å². The number of carbonyl (C=O) groups excluding carboxylic acids is 2. The molecule has 0 heterocycles. The Balaban J connectivity index is 2.38. The lowest BCUT2D eigenvalue weighted by atomic mass is 9.49. The Morgan fingerprint density at radius 1 is 1.12 bits per heavy atom. The first-order valence-electron chi connectivity index (χ1n) is 9.21. The van der Waals surface area contributed by atoms with Crippen LogP contribution < -0.4 is 4.74 Å². The van der Waals surface area contributed by atoms with E-state index in [0.717, 1.165) is 0 Å². The quantitative estimate of drug-likeness (QED) is 0.777. The van der Waals surface area contributed by atoms with Gasteiger partial charge in [-0.3, -0.25) is 9.59 Å². The maximum atomic E-state index is 13.0. The van der Waals surface area contributed by atoms with Crippen LogP contribution in [0.4, 0.5) is 0 Å². The smallest absolute Gasteiger partial charge is 0.167 e. The Hall–Kier alpha value is -2.04. The predicted octanol–water partition coefficient (Wildman–Crippen LogP) is 4.08. The number of hydrogen-bond donors (Lipinski definition) is 2. The molecule has 0 aromatic heterocycles. The molecule has 1 saturated carbocycles. The van der Waals surface area contributed by atoms with E-state index in [2.05, 4.69) is 0 Å². The van der Waals surface area contributed by atoms with Crippen LogP contribution >= 0.6 is 0 Å². The third-order valence-electron chi connectivity index (χ3n) is 6.69. The van der Waals surface area contributed by atoms with Gasteiger partial charge in [0.1, 0.15) is 11.5 Å². The van der Waals surface area contributed by atoms with E-state index in [1.807, 2.05) is 34.6 Å². The molecule has 3 rings (SSSR count). The average molecular weight is 360 g/mol. The summed E-state index contributed by atoms with van der Waals surface area (Å²) in [4.78, 5) is 25.5. The number of ether oxygens (including phenoxy) is 1. The van der Waals surface area contributed by atoms with E-state index in [1.54, 1.807) is 0 Å². The van der Waals surface area contributed by atoms with E-state index >= 15 is 0 Å². The van der Waals surface area contributed by atoms with Crippen molar-refractivity contribution in [3.8, 4) is 17.2 Å². The molecule has 5 nitrogen and oxygen atoms in total. The van der Waals surface area contributed by atoms with Gasteiger partial charge >= 0.3 is 0 Å². The molecule has 1 fully saturated rings. The summed E-state index contributed by atoms with van der Waals surface area (Å²) in [7, 11) is 1.45. The van der Waals surface area contributed by atoms with Crippen molar-refractivity contribution < 1.29 is 24.5 Å². The van der Waals surface area contributed by atoms with Crippen LogP contribution in [0.25, 0.3) is 0 Å². The van der Waals surface area contributed by atoms with E-state index in [9.17, 15) is 19.8 Å². The number of phenolic OH excluding ortho intramolecular Hbond substituents is 2. The standard InChI is InChI=1S/C21H28O5/c1-10(2)14-17(24)15-11(22)9-12-20(3,4)13(23)7-8-21(12,5)16(15)18(25)19(14)26-6/h10,12,24-25H,7-9H2,1-6H3/t12-,21-/m0/s1. The van der Waals surface area contributed by atoms with E-state index < -0.39 is 10.8 Å². The summed E-state index contributed by atoms with van der Waals surface area (Å²) < 4.78 is 5.43. The molecule has 1 aromatic rings. The lowest BCUT2D eigenvalue weighted by Gasteiger charge is -2.52. The molecule has 5 heteroatoms. The van der Waals surface area contributed by atoms with Gasteiger partial charge in [-0.25, -0.2) is 0 Å². The molecule has 0 saturated heterocycles. The zero-order valence-corrected chi connectivity index (χ0v) is 16.4. The van der Waals surface area contributed by atoms with Gasteiger partial charge in [-0.1, -0.05) is 34.6 Å². The summed E-state index contributed by atoms with van der Waals surface area (Å²) in [6.45, 7) is 9.51. The topological polar surface area (TPSA) is 83.8 Å². The maximum absolute atomic E-state index is 13.0. The first kappa shape index (κ1) is 18.7. The van der Waals surface area contributed by atoms with Gasteiger partial charge in [-0.05, 0) is 18.3 Å². The minimum atomic E-state index is -0.660. The Morgan fingerprint density at radius 3 is 2.27 bits per heavy atom. The molecule has 1 aromatic carbocycles. The van der Waals surface area contributed by atoms with Crippen molar-refractivity contribution in [3.63, 3.8) is 0 Å². The van der Waals surface area contributed by atoms with Crippen molar-refractivity contribution in [3.05, 3.63) is 16.7 Å². The Labute approximate surface area is 154 Å². The molecule has 2 N–H and O–H groups in total. The summed E-state index contributed by atoms with van der Waals surface area (Å²) >= 11 is 0. The number of ketones is 2. The average Bonchev–Trinajstić information content (AvgIpc) is 2.55. The normalized spacial score (nSPS) is 27.3. The summed E-state index contributed by atoms with van der Waals surface area (Å²) in [6, 6.07) is 0. The van der Waals surface area contributed by atoms with Gasteiger partial charge in [-0.2, -0.15) is 0 Å². The van der Waals surface area contributed by atoms with Crippen molar-refractivity contribution >= 4 is 11.6 Å². The summed E-state index contributed by atoms with van der Waals surface area (Å²) in [5.74, 6) is -0.368. The second-order valence-electron chi connectivity index (χ2n) is 8.79. The minimum Gasteiger partial charge on any atom is -0.507 e. The summed E-state index contributed by atoms with van der Waals surface area (Å²) in [6.07, 6.45) is 1.12. The molecular weight excluding hydrogens is 332 g/mol. The number of benzene rings is 1. The molecule has 0 amide bonds. The Morgan fingerprint density at radius 2 is 1.73 bits per heavy atom. The van der Waals surface area contributed by atoms with Crippen molar-refractivity contribution in [2.24, 2.45) is 11.3 Å². The number of phenols is 2. The van der Waals surface area contributed by atoms with Gasteiger partial charge in [0.25, 0.3) is 0 Å². The number of methoxy groups -OCH3 is 1. The lowest BCUT2D eigenvalue weighted by molar-refractivity contribution is -0.136. The predicted molar refractivity (Wildman–Crippen MR) is 98.2 cm³/mol. The molecule has 26 heavy (non-hydrogen) atoms. The first-order valence-corrected chi connectivity index (χ1v) is 9.21. The lowest BCUT2D eigenvalue weighted by Crippen LogP contribution is -2.53. The van der Waals surface area contributed by atoms with Crippen molar-refractivity contribution in [1.29, 1.82) is 0 Å². The second kappa shape index (κ2) is 5.73. The van der Waals surface area contributed by atoms with Crippen molar-refractivity contribution in [1.82, 2.24) is 0 Å². The van der Waals surface area contributed by atoms with Crippen LogP contribution in [0.15, 0.2) is 0 Å². The van der Waals surface area contributed by atoms with Crippen LogP contribution in [0.1, 0.15) is 81.3 Å². The van der Waals surface area contributed by atoms with Crippen LogP contribution in [0.3, 0.4) is 0 Å². The monoisotopic (exact) mass is 360 g/mol. The number of rotatable bonds is 2. The molecular formula is C21H28O5. The van der Waals surface area contributed by atoms with Gasteiger partial charge in [0.15, 0.2) is 17.3 Å². The number of fused-ring (bicyclic) bond motifs is 3. The van der Waals surface area contributed by atoms with Crippen molar-refractivity contribution in [2.45, 2.75) is 65.2 Å². The van der Waals surface area contributed by atoms with E-state index in [4.69, 9.17) is 4.74 Å². The summed E-state index contributed by atoms with van der Waals surface area (Å²) in [5, 5.41) is 22.0. The molecule has 0 aliphatic heterocycles. The third-order valence-corrected chi connectivity index (χ3v) is 6.69. The van der Waals surface area contributed by atoms with Gasteiger partial charge in [0.05, 0.1) is 12.7 Å². The van der Waals surface area contributed by atoms with Crippen LogP contribution in [0, 0.1) is 11.3 Å². The highest BCUT2D eigenvalue weighted by molar-refractivity contribution is 6.05. The molecule has 0 bridgehead atoms.